The number of hydrogen-bond donors (Lipinski definition) is 1. The molecule has 0 saturated heterocycles. The molecule has 1 aliphatic heterocycles. The highest BCUT2D eigenvalue weighted by atomic mass is 79.9. The molecule has 1 atom stereocenters. The predicted molar refractivity (Wildman–Crippen MR) is 145 cm³/mol. The van der Waals surface area contributed by atoms with Gasteiger partial charge in [0.1, 0.15) is 0 Å². The van der Waals surface area contributed by atoms with Gasteiger partial charge >= 0.3 is 0 Å². The number of carbonyl (C=O) groups excluding carboxylic acids is 1. The minimum Gasteiger partial charge on any atom is -0.444 e. The van der Waals surface area contributed by atoms with E-state index in [4.69, 9.17) is 4.42 Å². The van der Waals surface area contributed by atoms with Crippen molar-refractivity contribution in [1.29, 1.82) is 0 Å². The molecule has 0 spiro atoms. The van der Waals surface area contributed by atoms with Gasteiger partial charge in [0.2, 0.25) is 0 Å². The van der Waals surface area contributed by atoms with Crippen molar-refractivity contribution in [2.24, 2.45) is 4.99 Å². The van der Waals surface area contributed by atoms with Crippen molar-refractivity contribution in [2.75, 3.05) is 5.75 Å². The molecule has 0 radical (unpaired) electrons. The molecule has 7 nitrogen and oxygen atoms in total. The van der Waals surface area contributed by atoms with Gasteiger partial charge in [-0.1, -0.05) is 60.3 Å². The number of amidine groups is 1. The lowest BCUT2D eigenvalue weighted by Crippen LogP contribution is -2.26. The first-order valence-electron chi connectivity index (χ1n) is 11.0. The standard InChI is InChI=1S/C26H18BrN3O4S2/c27-24-13-12-23(34-24)25(31)29-26-28-20(15-35-26)16-10-11-19-18-8-4-5-9-21(18)30(22(19)14-16)36(32,33)17-6-2-1-3-7-17/h1-14,20H,15H2,(H,28,29,31). The molecule has 1 aliphatic rings. The molecule has 180 valence electrons. The van der Waals surface area contributed by atoms with Gasteiger partial charge in [0, 0.05) is 16.5 Å². The number of carbonyl (C=O) groups is 1. The third kappa shape index (κ3) is 3.95. The zero-order valence-electron chi connectivity index (χ0n) is 18.6. The molecular formula is C26H18BrN3O4S2. The molecule has 3 heterocycles. The zero-order chi connectivity index (χ0) is 24.9. The second-order valence-corrected chi connectivity index (χ2v) is 11.8. The van der Waals surface area contributed by atoms with E-state index in [1.807, 2.05) is 42.5 Å². The monoisotopic (exact) mass is 579 g/mol. The van der Waals surface area contributed by atoms with E-state index >= 15 is 0 Å². The number of fused-ring (bicyclic) bond motifs is 3. The first-order chi connectivity index (χ1) is 17.4. The molecule has 6 rings (SSSR count). The zero-order valence-corrected chi connectivity index (χ0v) is 21.8. The highest BCUT2D eigenvalue weighted by molar-refractivity contribution is 9.10. The molecule has 0 bridgehead atoms. The quantitative estimate of drug-likeness (QED) is 0.283. The van der Waals surface area contributed by atoms with Crippen LogP contribution in [-0.4, -0.2) is 29.2 Å². The van der Waals surface area contributed by atoms with Crippen LogP contribution in [0.3, 0.4) is 0 Å². The second kappa shape index (κ2) is 8.95. The summed E-state index contributed by atoms with van der Waals surface area (Å²) in [4.78, 5) is 17.3. The lowest BCUT2D eigenvalue weighted by atomic mass is 10.1. The number of aliphatic imine (C=N–C) groups is 1. The Morgan fingerprint density at radius 3 is 2.50 bits per heavy atom. The summed E-state index contributed by atoms with van der Waals surface area (Å²) in [5.41, 5.74) is 2.08. The van der Waals surface area contributed by atoms with E-state index in [0.717, 1.165) is 16.3 Å². The molecule has 0 aliphatic carbocycles. The van der Waals surface area contributed by atoms with Crippen molar-refractivity contribution < 1.29 is 17.6 Å². The Kier molecular flexibility index (Phi) is 5.74. The fourth-order valence-corrected chi connectivity index (χ4v) is 7.12. The predicted octanol–water partition coefficient (Wildman–Crippen LogP) is 5.96. The Hall–Kier alpha value is -3.34. The number of para-hydroxylation sites is 1. The van der Waals surface area contributed by atoms with Gasteiger partial charge in [-0.15, -0.1) is 0 Å². The number of nitrogens with zero attached hydrogens (tertiary/aromatic N) is 2. The van der Waals surface area contributed by atoms with Gasteiger partial charge in [-0.25, -0.2) is 12.4 Å². The van der Waals surface area contributed by atoms with Crippen molar-refractivity contribution in [3.63, 3.8) is 0 Å². The van der Waals surface area contributed by atoms with Gasteiger partial charge in [-0.3, -0.25) is 15.1 Å². The molecule has 1 unspecified atom stereocenters. The summed E-state index contributed by atoms with van der Waals surface area (Å²) >= 11 is 4.62. The summed E-state index contributed by atoms with van der Waals surface area (Å²) in [5.74, 6) is 0.428. The van der Waals surface area contributed by atoms with Crippen LogP contribution >= 0.6 is 27.7 Å². The highest BCUT2D eigenvalue weighted by Crippen LogP contribution is 2.36. The van der Waals surface area contributed by atoms with Crippen LogP contribution in [0.5, 0.6) is 0 Å². The topological polar surface area (TPSA) is 93.7 Å². The van der Waals surface area contributed by atoms with Crippen LogP contribution in [0, 0.1) is 0 Å². The first-order valence-corrected chi connectivity index (χ1v) is 14.2. The minimum atomic E-state index is -3.84. The van der Waals surface area contributed by atoms with E-state index in [-0.39, 0.29) is 22.6 Å². The maximum atomic E-state index is 13.7. The van der Waals surface area contributed by atoms with E-state index in [9.17, 15) is 13.2 Å². The largest absolute Gasteiger partial charge is 0.444 e. The number of amides is 1. The second-order valence-electron chi connectivity index (χ2n) is 8.20. The molecule has 10 heteroatoms. The lowest BCUT2D eigenvalue weighted by molar-refractivity contribution is 0.0949. The number of furan rings is 1. The molecule has 5 aromatic rings. The molecule has 0 fully saturated rings. The number of aromatic nitrogens is 1. The molecule has 2 aromatic heterocycles. The minimum absolute atomic E-state index is 0.186. The Labute approximate surface area is 219 Å². The van der Waals surface area contributed by atoms with Crippen molar-refractivity contribution in [3.05, 3.63) is 101 Å². The summed E-state index contributed by atoms with van der Waals surface area (Å²) in [6.07, 6.45) is 0. The van der Waals surface area contributed by atoms with E-state index in [1.165, 1.54) is 15.7 Å². The molecule has 1 amide bonds. The van der Waals surface area contributed by atoms with Crippen LogP contribution < -0.4 is 5.32 Å². The smallest absolute Gasteiger partial charge is 0.292 e. The Morgan fingerprint density at radius 1 is 0.972 bits per heavy atom. The third-order valence-electron chi connectivity index (χ3n) is 5.99. The van der Waals surface area contributed by atoms with Crippen LogP contribution in [0.25, 0.3) is 21.8 Å². The summed E-state index contributed by atoms with van der Waals surface area (Å²) in [6, 6.07) is 24.7. The third-order valence-corrected chi connectivity index (χ3v) is 9.12. The van der Waals surface area contributed by atoms with Crippen LogP contribution in [0.2, 0.25) is 0 Å². The van der Waals surface area contributed by atoms with Gasteiger partial charge in [-0.2, -0.15) is 0 Å². The average molecular weight is 580 g/mol. The Morgan fingerprint density at radius 2 is 1.72 bits per heavy atom. The number of thioether (sulfide) groups is 1. The van der Waals surface area contributed by atoms with Gasteiger partial charge < -0.3 is 4.42 Å². The van der Waals surface area contributed by atoms with Crippen LogP contribution in [-0.2, 0) is 10.0 Å². The van der Waals surface area contributed by atoms with E-state index in [0.29, 0.717) is 26.6 Å². The van der Waals surface area contributed by atoms with Crippen molar-refractivity contribution in [2.45, 2.75) is 10.9 Å². The molecule has 3 aromatic carbocycles. The molecule has 0 saturated carbocycles. The maximum absolute atomic E-state index is 13.7. The van der Waals surface area contributed by atoms with Crippen LogP contribution in [0.15, 0.2) is 104 Å². The SMILES string of the molecule is O=C(NC1=NC(c2ccc3c4ccccc4n(S(=O)(=O)c4ccccc4)c3c2)CS1)c1ccc(Br)o1. The summed E-state index contributed by atoms with van der Waals surface area (Å²) < 4.78 is 34.7. The summed E-state index contributed by atoms with van der Waals surface area (Å²) in [5, 5.41) is 4.99. The van der Waals surface area contributed by atoms with Gasteiger partial charge in [0.15, 0.2) is 15.6 Å². The molecule has 36 heavy (non-hydrogen) atoms. The summed E-state index contributed by atoms with van der Waals surface area (Å²) in [7, 11) is -3.84. The highest BCUT2D eigenvalue weighted by Gasteiger charge is 2.26. The number of rotatable bonds is 4. The number of hydrogen-bond acceptors (Lipinski definition) is 6. The van der Waals surface area contributed by atoms with Gasteiger partial charge in [0.25, 0.3) is 15.9 Å². The average Bonchev–Trinajstić information content (AvgIpc) is 3.61. The van der Waals surface area contributed by atoms with Crippen LogP contribution in [0.4, 0.5) is 0 Å². The van der Waals surface area contributed by atoms with Gasteiger partial charge in [0.05, 0.1) is 22.0 Å². The van der Waals surface area contributed by atoms with Crippen molar-refractivity contribution >= 4 is 70.6 Å². The summed E-state index contributed by atoms with van der Waals surface area (Å²) in [6.45, 7) is 0. The number of halogens is 1. The van der Waals surface area contributed by atoms with E-state index < -0.39 is 10.0 Å². The van der Waals surface area contributed by atoms with Crippen molar-refractivity contribution in [3.8, 4) is 0 Å². The van der Waals surface area contributed by atoms with Gasteiger partial charge in [-0.05, 0) is 57.9 Å². The maximum Gasteiger partial charge on any atom is 0.292 e. The normalized spacial score (nSPS) is 15.9. The number of nitrogens with one attached hydrogen (secondary N) is 1. The number of benzene rings is 3. The van der Waals surface area contributed by atoms with Crippen molar-refractivity contribution in [1.82, 2.24) is 9.29 Å². The molecule has 1 N–H and O–H groups in total. The fourth-order valence-electron chi connectivity index (χ4n) is 4.32. The fraction of sp³-hybridized carbons (Fsp3) is 0.0769. The lowest BCUT2D eigenvalue weighted by Gasteiger charge is -2.11. The Balaban J connectivity index is 1.41. The first kappa shape index (κ1) is 23.1. The Bertz CT molecular complexity index is 1780. The van der Waals surface area contributed by atoms with E-state index in [2.05, 4.69) is 26.2 Å². The van der Waals surface area contributed by atoms with Crippen LogP contribution in [0.1, 0.15) is 22.2 Å². The molecular weight excluding hydrogens is 562 g/mol. The van der Waals surface area contributed by atoms with E-state index in [1.54, 1.807) is 42.5 Å².